The second-order valence-electron chi connectivity index (χ2n) is 4.43. The molecular weight excluding hydrogens is 427 g/mol. The van der Waals surface area contributed by atoms with E-state index < -0.39 is 6.09 Å². The molecule has 0 aliphatic rings. The minimum absolute atomic E-state index is 0. The number of hydrogen-bond donors (Lipinski definition) is 3. The van der Waals surface area contributed by atoms with Crippen molar-refractivity contribution in [3.63, 3.8) is 0 Å². The molecule has 0 atom stereocenters. The first-order chi connectivity index (χ1) is 10.7. The third kappa shape index (κ3) is 9.54. The minimum Gasteiger partial charge on any atom is -0.453 e. The van der Waals surface area contributed by atoms with Gasteiger partial charge in [-0.25, -0.2) is 9.79 Å². The maximum absolute atomic E-state index is 11.1. The predicted molar refractivity (Wildman–Crippen MR) is 109 cm³/mol. The number of nitrogens with zero attached hydrogens (tertiary/aromatic N) is 1. The zero-order valence-electron chi connectivity index (χ0n) is 13.7. The highest BCUT2D eigenvalue weighted by atomic mass is 127. The Bertz CT molecular complexity index is 483. The normalized spacial score (nSPS) is 10.5. The number of thioether (sulfide) groups is 1. The fourth-order valence-electron chi connectivity index (χ4n) is 1.65. The monoisotopic (exact) mass is 452 g/mol. The Kier molecular flexibility index (Phi) is 12.6. The van der Waals surface area contributed by atoms with Crippen molar-refractivity contribution in [3.05, 3.63) is 29.8 Å². The molecule has 0 saturated heterocycles. The molecule has 8 heteroatoms. The van der Waals surface area contributed by atoms with Crippen LogP contribution in [0.2, 0.25) is 0 Å². The summed E-state index contributed by atoms with van der Waals surface area (Å²) < 4.78 is 4.55. The van der Waals surface area contributed by atoms with Crippen LogP contribution in [0.4, 0.5) is 10.5 Å². The Hall–Kier alpha value is -1.16. The molecule has 0 aromatic heterocycles. The molecule has 3 N–H and O–H groups in total. The van der Waals surface area contributed by atoms with Gasteiger partial charge in [0.15, 0.2) is 5.96 Å². The molecule has 0 radical (unpaired) electrons. The highest BCUT2D eigenvalue weighted by molar-refractivity contribution is 14.0. The Labute approximate surface area is 159 Å². The molecule has 0 saturated carbocycles. The highest BCUT2D eigenvalue weighted by Crippen LogP contribution is 2.10. The van der Waals surface area contributed by atoms with Crippen LogP contribution in [0.5, 0.6) is 0 Å². The zero-order valence-corrected chi connectivity index (χ0v) is 16.9. The maximum Gasteiger partial charge on any atom is 0.411 e. The number of carbonyl (C=O) groups is 1. The van der Waals surface area contributed by atoms with E-state index in [1.165, 1.54) is 7.11 Å². The Morgan fingerprint density at radius 1 is 1.26 bits per heavy atom. The lowest BCUT2D eigenvalue weighted by Crippen LogP contribution is -2.38. The van der Waals surface area contributed by atoms with Gasteiger partial charge in [0.1, 0.15) is 0 Å². The molecule has 1 aromatic carbocycles. The van der Waals surface area contributed by atoms with Gasteiger partial charge >= 0.3 is 6.09 Å². The first-order valence-corrected chi connectivity index (χ1v) is 8.54. The molecule has 0 fully saturated rings. The topological polar surface area (TPSA) is 74.8 Å². The molecule has 130 valence electrons. The number of carbonyl (C=O) groups excluding carboxylic acids is 1. The third-order valence-corrected chi connectivity index (χ3v) is 3.36. The number of guanidine groups is 1. The lowest BCUT2D eigenvalue weighted by atomic mass is 10.2. The van der Waals surface area contributed by atoms with Crippen LogP contribution in [0.1, 0.15) is 12.5 Å². The largest absolute Gasteiger partial charge is 0.453 e. The SMILES string of the molecule is CCNC(=NCc1ccc(NC(=O)OC)cc1)NCCSC.I. The van der Waals surface area contributed by atoms with Gasteiger partial charge < -0.3 is 15.4 Å². The van der Waals surface area contributed by atoms with E-state index in [1.807, 2.05) is 31.2 Å². The van der Waals surface area contributed by atoms with Crippen molar-refractivity contribution in [2.45, 2.75) is 13.5 Å². The second-order valence-corrected chi connectivity index (χ2v) is 5.41. The summed E-state index contributed by atoms with van der Waals surface area (Å²) in [6, 6.07) is 7.52. The van der Waals surface area contributed by atoms with E-state index in [-0.39, 0.29) is 24.0 Å². The van der Waals surface area contributed by atoms with Gasteiger partial charge in [0.2, 0.25) is 0 Å². The molecule has 1 rings (SSSR count). The van der Waals surface area contributed by atoms with Crippen LogP contribution in [0.15, 0.2) is 29.3 Å². The van der Waals surface area contributed by atoms with E-state index in [9.17, 15) is 4.79 Å². The number of hydrogen-bond acceptors (Lipinski definition) is 4. The quantitative estimate of drug-likeness (QED) is 0.257. The van der Waals surface area contributed by atoms with Crippen LogP contribution < -0.4 is 16.0 Å². The average molecular weight is 452 g/mol. The first kappa shape index (κ1) is 21.8. The number of nitrogens with one attached hydrogen (secondary N) is 3. The molecule has 0 unspecified atom stereocenters. The van der Waals surface area contributed by atoms with E-state index >= 15 is 0 Å². The second kappa shape index (κ2) is 13.3. The van der Waals surface area contributed by atoms with Gasteiger partial charge in [0.05, 0.1) is 13.7 Å². The summed E-state index contributed by atoms with van der Waals surface area (Å²) in [5.74, 6) is 1.85. The zero-order chi connectivity index (χ0) is 16.2. The fourth-order valence-corrected chi connectivity index (χ4v) is 1.95. The van der Waals surface area contributed by atoms with Gasteiger partial charge in [-0.05, 0) is 30.9 Å². The lowest BCUT2D eigenvalue weighted by molar-refractivity contribution is 0.187. The van der Waals surface area contributed by atoms with Gasteiger partial charge in [-0.1, -0.05) is 12.1 Å². The summed E-state index contributed by atoms with van der Waals surface area (Å²) in [6.45, 7) is 4.33. The summed E-state index contributed by atoms with van der Waals surface area (Å²) in [5.41, 5.74) is 1.77. The lowest BCUT2D eigenvalue weighted by Gasteiger charge is -2.10. The molecule has 0 aliphatic heterocycles. The van der Waals surface area contributed by atoms with Gasteiger partial charge in [-0.3, -0.25) is 5.32 Å². The maximum atomic E-state index is 11.1. The van der Waals surface area contributed by atoms with Crippen molar-refractivity contribution in [2.24, 2.45) is 4.99 Å². The van der Waals surface area contributed by atoms with Crippen LogP contribution >= 0.6 is 35.7 Å². The number of ether oxygens (including phenoxy) is 1. The third-order valence-electron chi connectivity index (χ3n) is 2.75. The summed E-state index contributed by atoms with van der Waals surface area (Å²) in [6.07, 6.45) is 1.61. The molecule has 0 heterocycles. The summed E-state index contributed by atoms with van der Waals surface area (Å²) in [4.78, 5) is 15.6. The van der Waals surface area contributed by atoms with E-state index in [0.29, 0.717) is 12.2 Å². The Balaban J connectivity index is 0.00000484. The van der Waals surface area contributed by atoms with Crippen molar-refractivity contribution in [1.29, 1.82) is 0 Å². The summed E-state index contributed by atoms with van der Waals surface area (Å²) in [5, 5.41) is 9.11. The van der Waals surface area contributed by atoms with Crippen LogP contribution in [0.3, 0.4) is 0 Å². The van der Waals surface area contributed by atoms with Crippen LogP contribution in [0, 0.1) is 0 Å². The van der Waals surface area contributed by atoms with Crippen LogP contribution in [0.25, 0.3) is 0 Å². The van der Waals surface area contributed by atoms with E-state index in [1.54, 1.807) is 11.8 Å². The highest BCUT2D eigenvalue weighted by Gasteiger charge is 2.01. The van der Waals surface area contributed by atoms with Crippen molar-refractivity contribution >= 4 is 53.5 Å². The van der Waals surface area contributed by atoms with Crippen LogP contribution in [-0.4, -0.2) is 44.3 Å². The molecule has 1 aromatic rings. The number of halogens is 1. The van der Waals surface area contributed by atoms with Gasteiger partial charge in [-0.15, -0.1) is 24.0 Å². The molecule has 1 amide bonds. The predicted octanol–water partition coefficient (Wildman–Crippen LogP) is 2.90. The van der Waals surface area contributed by atoms with E-state index in [4.69, 9.17) is 0 Å². The summed E-state index contributed by atoms with van der Waals surface area (Å²) >= 11 is 1.79. The van der Waals surface area contributed by atoms with Crippen LogP contribution in [-0.2, 0) is 11.3 Å². The molecular formula is C15H25IN4O2S. The number of aliphatic imine (C=N–C) groups is 1. The molecule has 6 nitrogen and oxygen atoms in total. The van der Waals surface area contributed by atoms with Crippen molar-refractivity contribution in [2.75, 3.05) is 37.5 Å². The fraction of sp³-hybridized carbons (Fsp3) is 0.467. The molecule has 0 bridgehead atoms. The molecule has 0 spiro atoms. The van der Waals surface area contributed by atoms with E-state index in [2.05, 4.69) is 31.9 Å². The number of anilines is 1. The number of methoxy groups -OCH3 is 1. The number of amides is 1. The Morgan fingerprint density at radius 2 is 1.96 bits per heavy atom. The van der Waals surface area contributed by atoms with Crippen molar-refractivity contribution in [3.8, 4) is 0 Å². The van der Waals surface area contributed by atoms with E-state index in [0.717, 1.165) is 30.4 Å². The smallest absolute Gasteiger partial charge is 0.411 e. The number of rotatable bonds is 7. The standard InChI is InChI=1S/C15H24N4O2S.HI/c1-4-16-14(17-9-10-22-3)18-11-12-5-7-13(8-6-12)19-15(20)21-2;/h5-8H,4,9-11H2,1-3H3,(H,19,20)(H2,16,17,18);1H. The van der Waals surface area contributed by atoms with Crippen molar-refractivity contribution < 1.29 is 9.53 Å². The van der Waals surface area contributed by atoms with Gasteiger partial charge in [-0.2, -0.15) is 11.8 Å². The minimum atomic E-state index is -0.474. The summed E-state index contributed by atoms with van der Waals surface area (Å²) in [7, 11) is 1.34. The molecule has 23 heavy (non-hydrogen) atoms. The molecule has 0 aliphatic carbocycles. The Morgan fingerprint density at radius 3 is 2.52 bits per heavy atom. The number of benzene rings is 1. The van der Waals surface area contributed by atoms with Gasteiger partial charge in [0.25, 0.3) is 0 Å². The van der Waals surface area contributed by atoms with Gasteiger partial charge in [0, 0.05) is 24.5 Å². The van der Waals surface area contributed by atoms with Crippen molar-refractivity contribution in [1.82, 2.24) is 10.6 Å². The first-order valence-electron chi connectivity index (χ1n) is 7.14. The average Bonchev–Trinajstić information content (AvgIpc) is 2.54.